The van der Waals surface area contributed by atoms with Gasteiger partial charge in [-0.15, -0.1) is 0 Å². The molecule has 1 aromatic carbocycles. The summed E-state index contributed by atoms with van der Waals surface area (Å²) in [7, 11) is 5.09. The van der Waals surface area contributed by atoms with Crippen LogP contribution < -0.4 is 10.1 Å². The Hall–Kier alpha value is -2.54. The van der Waals surface area contributed by atoms with Gasteiger partial charge in [-0.2, -0.15) is 5.10 Å². The first-order valence-electron chi connectivity index (χ1n) is 8.60. The lowest BCUT2D eigenvalue weighted by Crippen LogP contribution is -2.36. The van der Waals surface area contributed by atoms with E-state index in [1.165, 1.54) is 0 Å². The van der Waals surface area contributed by atoms with Crippen LogP contribution in [0, 0.1) is 13.8 Å². The number of nitrogens with one attached hydrogen (secondary N) is 1. The quantitative estimate of drug-likeness (QED) is 0.785. The molecule has 0 aliphatic heterocycles. The summed E-state index contributed by atoms with van der Waals surface area (Å²) >= 11 is 0. The Balaban J connectivity index is 1.92. The van der Waals surface area contributed by atoms with Crippen molar-refractivity contribution >= 4 is 6.03 Å². The summed E-state index contributed by atoms with van der Waals surface area (Å²) in [4.78, 5) is 14.0. The second-order valence-electron chi connectivity index (χ2n) is 6.23. The topological polar surface area (TPSA) is 68.6 Å². The highest BCUT2D eigenvalue weighted by molar-refractivity contribution is 5.73. The van der Waals surface area contributed by atoms with E-state index in [1.54, 1.807) is 26.2 Å². The maximum atomic E-state index is 12.4. The fourth-order valence-electron chi connectivity index (χ4n) is 2.76. The average molecular weight is 360 g/mol. The minimum absolute atomic E-state index is 0.121. The van der Waals surface area contributed by atoms with Gasteiger partial charge in [0.1, 0.15) is 5.75 Å². The highest BCUT2D eigenvalue weighted by Gasteiger charge is 2.14. The SMILES string of the molecule is COCCn1nc(C)c(CNC(=O)N(C)Cc2ccc(OC)cc2)c1C. The molecule has 0 fully saturated rings. The number of rotatable bonds is 8. The molecule has 7 nitrogen and oxygen atoms in total. The van der Waals surface area contributed by atoms with Crippen LogP contribution in [0.1, 0.15) is 22.5 Å². The van der Waals surface area contributed by atoms with E-state index in [0.29, 0.717) is 26.2 Å². The number of carbonyl (C=O) groups is 1. The molecule has 0 spiro atoms. The Bertz CT molecular complexity index is 725. The van der Waals surface area contributed by atoms with Crippen LogP contribution in [0.5, 0.6) is 5.75 Å². The van der Waals surface area contributed by atoms with Crippen molar-refractivity contribution in [1.29, 1.82) is 0 Å². The molecule has 0 radical (unpaired) electrons. The first-order valence-corrected chi connectivity index (χ1v) is 8.60. The van der Waals surface area contributed by atoms with Crippen molar-refractivity contribution in [2.75, 3.05) is 27.9 Å². The first kappa shape index (κ1) is 19.8. The van der Waals surface area contributed by atoms with Gasteiger partial charge in [-0.1, -0.05) is 12.1 Å². The molecule has 2 aromatic rings. The summed E-state index contributed by atoms with van der Waals surface area (Å²) in [5, 5.41) is 7.48. The normalized spacial score (nSPS) is 10.7. The van der Waals surface area contributed by atoms with E-state index < -0.39 is 0 Å². The van der Waals surface area contributed by atoms with Gasteiger partial charge in [0.2, 0.25) is 0 Å². The number of aryl methyl sites for hydroxylation is 1. The van der Waals surface area contributed by atoms with Crippen molar-refractivity contribution in [3.63, 3.8) is 0 Å². The van der Waals surface area contributed by atoms with Crippen LogP contribution in [0.2, 0.25) is 0 Å². The van der Waals surface area contributed by atoms with E-state index in [0.717, 1.165) is 28.3 Å². The Morgan fingerprint density at radius 1 is 1.23 bits per heavy atom. The Labute approximate surface area is 154 Å². The molecular weight excluding hydrogens is 332 g/mol. The van der Waals surface area contributed by atoms with Crippen LogP contribution in [-0.2, 0) is 24.4 Å². The minimum Gasteiger partial charge on any atom is -0.497 e. The van der Waals surface area contributed by atoms with Crippen molar-refractivity contribution in [1.82, 2.24) is 20.0 Å². The highest BCUT2D eigenvalue weighted by Crippen LogP contribution is 2.14. The van der Waals surface area contributed by atoms with Gasteiger partial charge in [0.05, 0.1) is 26.0 Å². The molecule has 2 rings (SSSR count). The Morgan fingerprint density at radius 3 is 2.54 bits per heavy atom. The van der Waals surface area contributed by atoms with Crippen molar-refractivity contribution in [3.05, 3.63) is 46.8 Å². The first-order chi connectivity index (χ1) is 12.5. The van der Waals surface area contributed by atoms with E-state index in [2.05, 4.69) is 10.4 Å². The molecule has 0 saturated heterocycles. The van der Waals surface area contributed by atoms with E-state index >= 15 is 0 Å². The number of ether oxygens (including phenoxy) is 2. The van der Waals surface area contributed by atoms with Gasteiger partial charge in [0, 0.05) is 38.5 Å². The van der Waals surface area contributed by atoms with Crippen molar-refractivity contribution in [3.8, 4) is 5.75 Å². The second kappa shape index (κ2) is 9.24. The molecule has 26 heavy (non-hydrogen) atoms. The number of urea groups is 1. The van der Waals surface area contributed by atoms with Crippen molar-refractivity contribution in [2.24, 2.45) is 0 Å². The summed E-state index contributed by atoms with van der Waals surface area (Å²) < 4.78 is 12.2. The van der Waals surface area contributed by atoms with E-state index in [-0.39, 0.29) is 6.03 Å². The minimum atomic E-state index is -0.121. The summed E-state index contributed by atoms with van der Waals surface area (Å²) in [5.74, 6) is 0.803. The number of methoxy groups -OCH3 is 2. The zero-order valence-corrected chi connectivity index (χ0v) is 16.2. The summed E-state index contributed by atoms with van der Waals surface area (Å²) in [6, 6.07) is 7.57. The van der Waals surface area contributed by atoms with E-state index in [9.17, 15) is 4.79 Å². The fraction of sp³-hybridized carbons (Fsp3) is 0.474. The number of hydrogen-bond donors (Lipinski definition) is 1. The zero-order chi connectivity index (χ0) is 19.1. The monoisotopic (exact) mass is 360 g/mol. The third-order valence-corrected chi connectivity index (χ3v) is 4.38. The maximum absolute atomic E-state index is 12.4. The van der Waals surface area contributed by atoms with Crippen LogP contribution in [-0.4, -0.2) is 48.6 Å². The summed E-state index contributed by atoms with van der Waals surface area (Å²) in [6.07, 6.45) is 0. The third-order valence-electron chi connectivity index (χ3n) is 4.38. The number of nitrogens with zero attached hydrogens (tertiary/aromatic N) is 3. The highest BCUT2D eigenvalue weighted by atomic mass is 16.5. The number of amides is 2. The molecule has 0 saturated carbocycles. The standard InChI is InChI=1S/C19H28N4O3/c1-14-18(15(2)23(21-14)10-11-25-4)12-20-19(24)22(3)13-16-6-8-17(26-5)9-7-16/h6-9H,10-13H2,1-5H3,(H,20,24). The summed E-state index contributed by atoms with van der Waals surface area (Å²) in [5.41, 5.74) is 4.07. The lowest BCUT2D eigenvalue weighted by atomic mass is 10.2. The fourth-order valence-corrected chi connectivity index (χ4v) is 2.76. The van der Waals surface area contributed by atoms with Crippen molar-refractivity contribution < 1.29 is 14.3 Å². The number of carbonyl (C=O) groups excluding carboxylic acids is 1. The number of benzene rings is 1. The average Bonchev–Trinajstić information content (AvgIpc) is 2.91. The largest absolute Gasteiger partial charge is 0.497 e. The molecule has 0 atom stereocenters. The van der Waals surface area contributed by atoms with Gasteiger partial charge in [-0.05, 0) is 31.5 Å². The molecule has 0 aliphatic rings. The molecule has 0 unspecified atom stereocenters. The number of hydrogen-bond acceptors (Lipinski definition) is 4. The van der Waals surface area contributed by atoms with Gasteiger partial charge in [-0.25, -0.2) is 4.79 Å². The van der Waals surface area contributed by atoms with Crippen molar-refractivity contribution in [2.45, 2.75) is 33.5 Å². The van der Waals surface area contributed by atoms with Crippen LogP contribution in [0.15, 0.2) is 24.3 Å². The maximum Gasteiger partial charge on any atom is 0.317 e. The molecular formula is C19H28N4O3. The van der Waals surface area contributed by atoms with Gasteiger partial charge >= 0.3 is 6.03 Å². The summed E-state index contributed by atoms with van der Waals surface area (Å²) in [6.45, 7) is 6.27. The Kier molecular flexibility index (Phi) is 7.03. The molecule has 142 valence electrons. The third kappa shape index (κ3) is 4.98. The van der Waals surface area contributed by atoms with Gasteiger partial charge in [0.15, 0.2) is 0 Å². The smallest absolute Gasteiger partial charge is 0.317 e. The molecule has 1 heterocycles. The molecule has 2 amide bonds. The number of aromatic nitrogens is 2. The van der Waals surface area contributed by atoms with Crippen LogP contribution >= 0.6 is 0 Å². The van der Waals surface area contributed by atoms with Gasteiger partial charge < -0.3 is 19.7 Å². The van der Waals surface area contributed by atoms with E-state index in [4.69, 9.17) is 9.47 Å². The van der Waals surface area contributed by atoms with Crippen LogP contribution in [0.4, 0.5) is 4.79 Å². The Morgan fingerprint density at radius 2 is 1.92 bits per heavy atom. The molecule has 0 aliphatic carbocycles. The van der Waals surface area contributed by atoms with Crippen LogP contribution in [0.3, 0.4) is 0 Å². The predicted octanol–water partition coefficient (Wildman–Crippen LogP) is 2.50. The second-order valence-corrected chi connectivity index (χ2v) is 6.23. The van der Waals surface area contributed by atoms with Gasteiger partial charge in [0.25, 0.3) is 0 Å². The molecule has 7 heteroatoms. The van der Waals surface area contributed by atoms with Crippen LogP contribution in [0.25, 0.3) is 0 Å². The lowest BCUT2D eigenvalue weighted by molar-refractivity contribution is 0.182. The lowest BCUT2D eigenvalue weighted by Gasteiger charge is -2.18. The zero-order valence-electron chi connectivity index (χ0n) is 16.2. The molecule has 1 aromatic heterocycles. The molecule has 1 N–H and O–H groups in total. The van der Waals surface area contributed by atoms with Gasteiger partial charge in [-0.3, -0.25) is 4.68 Å². The predicted molar refractivity (Wildman–Crippen MR) is 100 cm³/mol. The molecule has 0 bridgehead atoms. The van der Waals surface area contributed by atoms with E-state index in [1.807, 2.05) is 42.8 Å².